The van der Waals surface area contributed by atoms with Crippen LogP contribution in [-0.2, 0) is 23.0 Å². The monoisotopic (exact) mass is 258 g/mol. The summed E-state index contributed by atoms with van der Waals surface area (Å²) in [6, 6.07) is 0. The summed E-state index contributed by atoms with van der Waals surface area (Å²) < 4.78 is 30.3. The maximum absolute atomic E-state index is 11.5. The third kappa shape index (κ3) is 6.70. The van der Waals surface area contributed by atoms with Crippen molar-refractivity contribution in [3.05, 3.63) is 0 Å². The second-order valence-corrected chi connectivity index (χ2v) is 6.15. The van der Waals surface area contributed by atoms with Crippen molar-refractivity contribution in [3.63, 3.8) is 0 Å². The van der Waals surface area contributed by atoms with Crippen molar-refractivity contribution in [1.82, 2.24) is 0 Å². The van der Waals surface area contributed by atoms with E-state index in [1.807, 2.05) is 0 Å². The first-order chi connectivity index (χ1) is 6.54. The molecule has 0 fully saturated rings. The minimum Gasteiger partial charge on any atom is -0.462 e. The zero-order valence-electron chi connectivity index (χ0n) is 9.11. The second-order valence-electron chi connectivity index (χ2n) is 3.99. The second kappa shape index (κ2) is 5.14. The van der Waals surface area contributed by atoms with E-state index in [2.05, 4.69) is 4.18 Å². The van der Waals surface area contributed by atoms with Gasteiger partial charge in [-0.25, -0.2) is 0 Å². The van der Waals surface area contributed by atoms with E-state index in [4.69, 9.17) is 15.4 Å². The molecule has 0 unspecified atom stereocenters. The van der Waals surface area contributed by atoms with Crippen LogP contribution in [0, 0.1) is 5.41 Å². The lowest BCUT2D eigenvalue weighted by atomic mass is 9.95. The molecule has 0 spiro atoms. The first kappa shape index (κ1) is 14.7. The Labute approximate surface area is 94.3 Å². The molecule has 0 aromatic heterocycles. The molecular formula is C8H15ClO5S. The third-order valence-electron chi connectivity index (χ3n) is 1.46. The fourth-order valence-electron chi connectivity index (χ4n) is 0.650. The van der Waals surface area contributed by atoms with Crippen LogP contribution in [0.3, 0.4) is 0 Å². The first-order valence-corrected chi connectivity index (χ1v) is 6.58. The van der Waals surface area contributed by atoms with Gasteiger partial charge in [0.15, 0.2) is 0 Å². The van der Waals surface area contributed by atoms with Crippen LogP contribution in [0.2, 0.25) is 0 Å². The van der Waals surface area contributed by atoms with Gasteiger partial charge in [0.25, 0.3) is 0 Å². The Morgan fingerprint density at radius 3 is 2.20 bits per heavy atom. The van der Waals surface area contributed by atoms with Gasteiger partial charge in [-0.15, -0.1) is 0 Å². The van der Waals surface area contributed by atoms with Gasteiger partial charge in [0, 0.05) is 10.7 Å². The Balaban J connectivity index is 4.35. The summed E-state index contributed by atoms with van der Waals surface area (Å²) in [7, 11) is 0.793. The highest BCUT2D eigenvalue weighted by Crippen LogP contribution is 2.20. The van der Waals surface area contributed by atoms with E-state index in [0.717, 1.165) is 0 Å². The highest BCUT2D eigenvalue weighted by Gasteiger charge is 2.32. The van der Waals surface area contributed by atoms with Gasteiger partial charge in [-0.2, -0.15) is 8.42 Å². The van der Waals surface area contributed by atoms with Crippen molar-refractivity contribution >= 4 is 26.0 Å². The molecule has 0 saturated carbocycles. The fourth-order valence-corrected chi connectivity index (χ4v) is 1.22. The van der Waals surface area contributed by atoms with Gasteiger partial charge in [0.2, 0.25) is 0 Å². The van der Waals surface area contributed by atoms with Crippen molar-refractivity contribution < 1.29 is 22.1 Å². The van der Waals surface area contributed by atoms with Crippen molar-refractivity contribution in [2.45, 2.75) is 33.8 Å². The lowest BCUT2D eigenvalue weighted by Crippen LogP contribution is -2.33. The molecule has 0 saturated heterocycles. The molecule has 0 rings (SSSR count). The molecule has 0 aliphatic carbocycles. The first-order valence-electron chi connectivity index (χ1n) is 4.35. The van der Waals surface area contributed by atoms with Crippen molar-refractivity contribution in [2.24, 2.45) is 5.41 Å². The van der Waals surface area contributed by atoms with Crippen LogP contribution in [0.4, 0.5) is 0 Å². The van der Waals surface area contributed by atoms with Gasteiger partial charge in [-0.1, -0.05) is 0 Å². The van der Waals surface area contributed by atoms with Gasteiger partial charge in [-0.3, -0.25) is 8.98 Å². The number of ether oxygens (including phenoxy) is 1. The molecule has 0 atom stereocenters. The fraction of sp³-hybridized carbons (Fsp3) is 0.875. The Morgan fingerprint density at radius 2 is 1.87 bits per heavy atom. The average molecular weight is 259 g/mol. The standard InChI is InChI=1S/C8H15ClO5S/c1-6(2)14-7(10)8(3,4)5-13-15(9,11)12/h6H,5H2,1-4H3. The molecule has 0 N–H and O–H groups in total. The lowest BCUT2D eigenvalue weighted by Gasteiger charge is -2.22. The smallest absolute Gasteiger partial charge is 0.355 e. The highest BCUT2D eigenvalue weighted by molar-refractivity contribution is 8.09. The predicted octanol–water partition coefficient (Wildman–Crippen LogP) is 1.46. The van der Waals surface area contributed by atoms with Gasteiger partial charge in [-0.05, 0) is 27.7 Å². The minimum atomic E-state index is -4.05. The molecule has 0 aromatic rings. The third-order valence-corrected chi connectivity index (χ3v) is 2.12. The van der Waals surface area contributed by atoms with Crippen LogP contribution < -0.4 is 0 Å². The summed E-state index contributed by atoms with van der Waals surface area (Å²) in [4.78, 5) is 11.5. The van der Waals surface area contributed by atoms with E-state index < -0.39 is 20.7 Å². The van der Waals surface area contributed by atoms with E-state index >= 15 is 0 Å². The van der Waals surface area contributed by atoms with E-state index in [9.17, 15) is 13.2 Å². The summed E-state index contributed by atoms with van der Waals surface area (Å²) >= 11 is 0. The van der Waals surface area contributed by atoms with Crippen LogP contribution in [0.1, 0.15) is 27.7 Å². The zero-order chi connectivity index (χ0) is 12.3. The Kier molecular flexibility index (Phi) is 5.02. The molecule has 0 aromatic carbocycles. The molecule has 7 heteroatoms. The van der Waals surface area contributed by atoms with Crippen molar-refractivity contribution in [1.29, 1.82) is 0 Å². The molecule has 0 aliphatic rings. The largest absolute Gasteiger partial charge is 0.462 e. The summed E-state index contributed by atoms with van der Waals surface area (Å²) in [5.41, 5.74) is -1.05. The number of hydrogen-bond donors (Lipinski definition) is 0. The van der Waals surface area contributed by atoms with Gasteiger partial charge in [0.1, 0.15) is 0 Å². The van der Waals surface area contributed by atoms with E-state index in [-0.39, 0.29) is 12.7 Å². The van der Waals surface area contributed by atoms with Crippen molar-refractivity contribution in [3.8, 4) is 0 Å². The Bertz CT molecular complexity index is 320. The molecule has 0 amide bonds. The number of carbonyl (C=O) groups excluding carboxylic acids is 1. The average Bonchev–Trinajstić information content (AvgIpc) is 1.98. The normalized spacial score (nSPS) is 12.9. The molecule has 0 bridgehead atoms. The topological polar surface area (TPSA) is 69.7 Å². The number of esters is 1. The molecule has 0 heterocycles. The molecule has 5 nitrogen and oxygen atoms in total. The van der Waals surface area contributed by atoms with Gasteiger partial charge in [0.05, 0.1) is 18.1 Å². The number of carbonyl (C=O) groups is 1. The molecule has 90 valence electrons. The predicted molar refractivity (Wildman–Crippen MR) is 55.7 cm³/mol. The molecular weight excluding hydrogens is 244 g/mol. The van der Waals surface area contributed by atoms with Crippen LogP contribution in [0.25, 0.3) is 0 Å². The molecule has 0 aliphatic heterocycles. The number of rotatable bonds is 5. The van der Waals surface area contributed by atoms with Gasteiger partial charge < -0.3 is 4.74 Å². The van der Waals surface area contributed by atoms with Crippen LogP contribution >= 0.6 is 10.7 Å². The number of hydrogen-bond acceptors (Lipinski definition) is 5. The maximum atomic E-state index is 11.5. The van der Waals surface area contributed by atoms with E-state index in [0.29, 0.717) is 0 Å². The minimum absolute atomic E-state index is 0.260. The Morgan fingerprint density at radius 1 is 1.40 bits per heavy atom. The summed E-state index contributed by atoms with van der Waals surface area (Å²) in [5, 5.41) is 0. The Hall–Kier alpha value is -0.330. The summed E-state index contributed by atoms with van der Waals surface area (Å²) in [5.74, 6) is -0.530. The van der Waals surface area contributed by atoms with Crippen molar-refractivity contribution in [2.75, 3.05) is 6.61 Å². The van der Waals surface area contributed by atoms with E-state index in [1.54, 1.807) is 13.8 Å². The van der Waals surface area contributed by atoms with Crippen LogP contribution in [0.15, 0.2) is 0 Å². The summed E-state index contributed by atoms with van der Waals surface area (Å²) in [6.45, 7) is 6.09. The van der Waals surface area contributed by atoms with Gasteiger partial charge >= 0.3 is 15.3 Å². The van der Waals surface area contributed by atoms with Crippen LogP contribution in [0.5, 0.6) is 0 Å². The maximum Gasteiger partial charge on any atom is 0.355 e. The zero-order valence-corrected chi connectivity index (χ0v) is 10.7. The quantitative estimate of drug-likeness (QED) is 0.552. The number of halogens is 1. The molecule has 0 radical (unpaired) electrons. The highest BCUT2D eigenvalue weighted by atomic mass is 35.7. The SMILES string of the molecule is CC(C)OC(=O)C(C)(C)COS(=O)(=O)Cl. The van der Waals surface area contributed by atoms with E-state index in [1.165, 1.54) is 13.8 Å². The van der Waals surface area contributed by atoms with Crippen LogP contribution in [-0.4, -0.2) is 27.1 Å². The molecule has 15 heavy (non-hydrogen) atoms. The lowest BCUT2D eigenvalue weighted by molar-refractivity contribution is -0.159. The summed E-state index contributed by atoms with van der Waals surface area (Å²) in [6.07, 6.45) is -0.260.